The Kier molecular flexibility index (Phi) is 10.8. The highest BCUT2D eigenvalue weighted by Gasteiger charge is 2.40. The number of halogens is 3. The van der Waals surface area contributed by atoms with Gasteiger partial charge in [0.1, 0.15) is 12.4 Å². The molecule has 0 saturated carbocycles. The number of hydrogen-bond donors (Lipinski definition) is 4. The third-order valence-corrected chi connectivity index (χ3v) is 6.35. The molecule has 2 heterocycles. The smallest absolute Gasteiger partial charge is 0.489 e. The normalized spacial score (nSPS) is 18.4. The molecule has 226 valence electrons. The van der Waals surface area contributed by atoms with E-state index in [4.69, 9.17) is 29.3 Å². The topological polar surface area (TPSA) is 156 Å². The predicted molar refractivity (Wildman–Crippen MR) is 142 cm³/mol. The van der Waals surface area contributed by atoms with Gasteiger partial charge in [0, 0.05) is 35.7 Å². The molecule has 2 unspecified atom stereocenters. The first-order valence-electron chi connectivity index (χ1n) is 12.6. The van der Waals surface area contributed by atoms with Crippen molar-refractivity contribution in [1.29, 1.82) is 0 Å². The van der Waals surface area contributed by atoms with E-state index in [-0.39, 0.29) is 18.9 Å². The molecule has 1 fully saturated rings. The summed E-state index contributed by atoms with van der Waals surface area (Å²) < 4.78 is 48.5. The molecule has 42 heavy (non-hydrogen) atoms. The summed E-state index contributed by atoms with van der Waals surface area (Å²) in [4.78, 5) is 38.3. The van der Waals surface area contributed by atoms with E-state index < -0.39 is 29.9 Å². The van der Waals surface area contributed by atoms with Crippen LogP contribution in [0.2, 0.25) is 0 Å². The molecule has 1 aromatic heterocycles. The highest BCUT2D eigenvalue weighted by atomic mass is 19.4. The first-order valence-corrected chi connectivity index (χ1v) is 12.6. The fourth-order valence-electron chi connectivity index (χ4n) is 4.31. The second-order valence-corrected chi connectivity index (χ2v) is 9.52. The van der Waals surface area contributed by atoms with Gasteiger partial charge in [-0.1, -0.05) is 18.2 Å². The third-order valence-electron chi connectivity index (χ3n) is 6.35. The number of ether oxygens (including phenoxy) is 3. The van der Waals surface area contributed by atoms with Crippen LogP contribution in [0.15, 0.2) is 54.6 Å². The van der Waals surface area contributed by atoms with Crippen LogP contribution >= 0.6 is 0 Å². The van der Waals surface area contributed by atoms with Gasteiger partial charge in [-0.2, -0.15) is 13.2 Å². The quantitative estimate of drug-likeness (QED) is 0.225. The second-order valence-electron chi connectivity index (χ2n) is 9.52. The lowest BCUT2D eigenvalue weighted by Crippen LogP contribution is -2.57. The molecule has 2 amide bonds. The van der Waals surface area contributed by atoms with Gasteiger partial charge in [0.25, 0.3) is 5.91 Å². The molecule has 0 spiro atoms. The maximum Gasteiger partial charge on any atom is 0.490 e. The van der Waals surface area contributed by atoms with Crippen LogP contribution in [0.3, 0.4) is 0 Å². The monoisotopic (exact) mass is 593 g/mol. The number of nitrogens with one attached hydrogen (secondary N) is 2. The standard InChI is InChI=1S/C26H29N3O6.C2HF3O2/c1-17-13-19(21-5-3-4-6-22(21)27-17)15-34-20-9-7-18(8-10-20)25(31)28-26(14-23(30)29-32)12-11-24(33-2)35-16-26;3-2(4,5)1(6)7/h3-10,13,24,32H,11-12,14-16H2,1-2H3,(H,28,31)(H,29,30);(H,6,7). The minimum absolute atomic E-state index is 0.0885. The zero-order chi connectivity index (χ0) is 30.9. The summed E-state index contributed by atoms with van der Waals surface area (Å²) in [6.07, 6.45) is -4.63. The number of carbonyl (C=O) groups is 3. The Labute approximate surface area is 238 Å². The second kappa shape index (κ2) is 14.1. The molecule has 1 saturated heterocycles. The van der Waals surface area contributed by atoms with Gasteiger partial charge in [-0.25, -0.2) is 10.3 Å². The number of aryl methyl sites for hydroxylation is 1. The Bertz CT molecular complexity index is 1390. The maximum absolute atomic E-state index is 13.0. The molecular formula is C28H30F3N3O8. The molecule has 14 heteroatoms. The van der Waals surface area contributed by atoms with E-state index in [1.54, 1.807) is 36.9 Å². The summed E-state index contributed by atoms with van der Waals surface area (Å²) in [6, 6.07) is 16.7. The van der Waals surface area contributed by atoms with Crippen molar-refractivity contribution in [2.24, 2.45) is 0 Å². The van der Waals surface area contributed by atoms with E-state index in [2.05, 4.69) is 10.3 Å². The third kappa shape index (κ3) is 8.86. The molecule has 4 N–H and O–H groups in total. The highest BCUT2D eigenvalue weighted by Crippen LogP contribution is 2.28. The number of carbonyl (C=O) groups excluding carboxylic acids is 2. The summed E-state index contributed by atoms with van der Waals surface area (Å²) in [7, 11) is 1.54. The van der Waals surface area contributed by atoms with Crippen molar-refractivity contribution >= 4 is 28.7 Å². The summed E-state index contributed by atoms with van der Waals surface area (Å²) in [5.41, 5.74) is 3.97. The number of aliphatic carboxylic acids is 1. The fourth-order valence-corrected chi connectivity index (χ4v) is 4.31. The molecular weight excluding hydrogens is 563 g/mol. The van der Waals surface area contributed by atoms with E-state index in [1.165, 1.54) is 0 Å². The largest absolute Gasteiger partial charge is 0.490 e. The van der Waals surface area contributed by atoms with Crippen molar-refractivity contribution in [3.05, 3.63) is 71.4 Å². The van der Waals surface area contributed by atoms with Crippen LogP contribution in [0.5, 0.6) is 5.75 Å². The molecule has 2 atom stereocenters. The number of alkyl halides is 3. The van der Waals surface area contributed by atoms with Gasteiger partial charge >= 0.3 is 12.1 Å². The fraction of sp³-hybridized carbons (Fsp3) is 0.357. The number of hydrogen-bond acceptors (Lipinski definition) is 8. The Hall–Kier alpha value is -4.27. The van der Waals surface area contributed by atoms with Crippen LogP contribution in [-0.4, -0.2) is 64.8 Å². The van der Waals surface area contributed by atoms with E-state index >= 15 is 0 Å². The van der Waals surface area contributed by atoms with Gasteiger partial charge in [-0.05, 0) is 49.7 Å². The summed E-state index contributed by atoms with van der Waals surface area (Å²) in [5, 5.41) is 20.1. The molecule has 3 aromatic rings. The minimum Gasteiger partial charge on any atom is -0.489 e. The van der Waals surface area contributed by atoms with Gasteiger partial charge in [-0.15, -0.1) is 0 Å². The lowest BCUT2D eigenvalue weighted by Gasteiger charge is -2.39. The maximum atomic E-state index is 13.0. The molecule has 1 aliphatic heterocycles. The number of amides is 2. The molecule has 1 aliphatic rings. The van der Waals surface area contributed by atoms with E-state index in [1.807, 2.05) is 37.3 Å². The lowest BCUT2D eigenvalue weighted by atomic mass is 9.87. The Morgan fingerprint density at radius 1 is 1.14 bits per heavy atom. The number of hydroxylamine groups is 1. The molecule has 0 bridgehead atoms. The summed E-state index contributed by atoms with van der Waals surface area (Å²) in [6.45, 7) is 2.41. The van der Waals surface area contributed by atoms with Crippen molar-refractivity contribution in [1.82, 2.24) is 15.8 Å². The number of carboxylic acid groups (broad SMARTS) is 1. The lowest BCUT2D eigenvalue weighted by molar-refractivity contribution is -0.192. The first kappa shape index (κ1) is 32.2. The van der Waals surface area contributed by atoms with Crippen LogP contribution < -0.4 is 15.5 Å². The molecule has 0 radical (unpaired) electrons. The molecule has 0 aliphatic carbocycles. The average molecular weight is 594 g/mol. The zero-order valence-electron chi connectivity index (χ0n) is 22.7. The molecule has 4 rings (SSSR count). The van der Waals surface area contributed by atoms with Crippen molar-refractivity contribution in [3.63, 3.8) is 0 Å². The van der Waals surface area contributed by atoms with E-state index in [0.717, 1.165) is 22.2 Å². The Balaban J connectivity index is 0.000000616. The number of aromatic nitrogens is 1. The van der Waals surface area contributed by atoms with Gasteiger partial charge in [0.15, 0.2) is 6.29 Å². The van der Waals surface area contributed by atoms with Crippen LogP contribution in [-0.2, 0) is 25.7 Å². The Morgan fingerprint density at radius 2 is 1.81 bits per heavy atom. The molecule has 11 nitrogen and oxygen atoms in total. The van der Waals surface area contributed by atoms with Crippen LogP contribution in [0.25, 0.3) is 10.9 Å². The molecule has 2 aromatic carbocycles. The van der Waals surface area contributed by atoms with Crippen molar-refractivity contribution in [3.8, 4) is 5.75 Å². The van der Waals surface area contributed by atoms with Crippen LogP contribution in [0.4, 0.5) is 13.2 Å². The van der Waals surface area contributed by atoms with Gasteiger partial charge in [0.05, 0.1) is 24.1 Å². The number of nitrogens with zero attached hydrogens (tertiary/aromatic N) is 1. The van der Waals surface area contributed by atoms with Crippen LogP contribution in [0.1, 0.15) is 40.9 Å². The number of rotatable bonds is 8. The number of para-hydroxylation sites is 1. The van der Waals surface area contributed by atoms with Crippen LogP contribution in [0, 0.1) is 6.92 Å². The van der Waals surface area contributed by atoms with Crippen molar-refractivity contribution < 1.29 is 52.1 Å². The SMILES string of the molecule is COC1CCC(CC(=O)NO)(NC(=O)c2ccc(OCc3cc(C)nc4ccccc34)cc2)CO1.O=C(O)C(F)(F)F. The zero-order valence-corrected chi connectivity index (χ0v) is 22.7. The minimum atomic E-state index is -5.08. The van der Waals surface area contributed by atoms with Crippen molar-refractivity contribution in [2.75, 3.05) is 13.7 Å². The predicted octanol–water partition coefficient (Wildman–Crippen LogP) is 3.90. The highest BCUT2D eigenvalue weighted by molar-refractivity contribution is 5.95. The number of benzene rings is 2. The average Bonchev–Trinajstić information content (AvgIpc) is 2.96. The number of methoxy groups -OCH3 is 1. The van der Waals surface area contributed by atoms with E-state index in [0.29, 0.717) is 30.8 Å². The van der Waals surface area contributed by atoms with Crippen molar-refractivity contribution in [2.45, 2.75) is 50.8 Å². The van der Waals surface area contributed by atoms with Gasteiger partial charge < -0.3 is 24.6 Å². The van der Waals surface area contributed by atoms with Gasteiger partial charge in [-0.3, -0.25) is 19.8 Å². The number of fused-ring (bicyclic) bond motifs is 1. The summed E-state index contributed by atoms with van der Waals surface area (Å²) in [5.74, 6) is -3.09. The number of pyridine rings is 1. The first-order chi connectivity index (χ1) is 19.9. The Morgan fingerprint density at radius 3 is 2.38 bits per heavy atom. The van der Waals surface area contributed by atoms with Gasteiger partial charge in [0.2, 0.25) is 5.91 Å². The van der Waals surface area contributed by atoms with E-state index in [9.17, 15) is 22.8 Å². The number of carboxylic acids is 1. The summed E-state index contributed by atoms with van der Waals surface area (Å²) >= 11 is 0.